The van der Waals surface area contributed by atoms with Crippen LogP contribution < -0.4 is 0 Å². The summed E-state index contributed by atoms with van der Waals surface area (Å²) in [6.45, 7) is 9.55. The summed E-state index contributed by atoms with van der Waals surface area (Å²) >= 11 is 0. The number of carbonyl (C=O) groups is 1. The molecule has 0 aromatic carbocycles. The van der Waals surface area contributed by atoms with Crippen molar-refractivity contribution in [3.8, 4) is 0 Å². The van der Waals surface area contributed by atoms with Gasteiger partial charge in [-0.1, -0.05) is 20.8 Å². The summed E-state index contributed by atoms with van der Waals surface area (Å²) in [5.74, 6) is -1.30. The third-order valence-electron chi connectivity index (χ3n) is 2.21. The van der Waals surface area contributed by atoms with Gasteiger partial charge in [0.15, 0.2) is 0 Å². The summed E-state index contributed by atoms with van der Waals surface area (Å²) in [6.07, 6.45) is 1.29. The van der Waals surface area contributed by atoms with E-state index in [1.807, 2.05) is 34.6 Å². The molecule has 4 nitrogen and oxygen atoms in total. The fraction of sp³-hybridized carbons (Fsp3) is 0.750. The molecule has 0 spiro atoms. The number of hydrogen-bond donors (Lipinski definition) is 0. The molecule has 0 bridgehead atoms. The van der Waals surface area contributed by atoms with Crippen LogP contribution in [-0.4, -0.2) is 25.0 Å². The van der Waals surface area contributed by atoms with Gasteiger partial charge < -0.3 is 14.2 Å². The summed E-state index contributed by atoms with van der Waals surface area (Å²) in [5.41, 5.74) is -0.240. The quantitative estimate of drug-likeness (QED) is 0.695. The lowest BCUT2D eigenvalue weighted by Gasteiger charge is -2.30. The van der Waals surface area contributed by atoms with Crippen LogP contribution in [0.3, 0.4) is 0 Å². The zero-order valence-corrected chi connectivity index (χ0v) is 10.8. The average Bonchev–Trinajstić information content (AvgIpc) is 2.43. The number of ether oxygens (including phenoxy) is 3. The predicted octanol–water partition coefficient (Wildman–Crippen LogP) is 2.24. The Bertz CT molecular complexity index is 311. The Morgan fingerprint density at radius 2 is 1.94 bits per heavy atom. The molecule has 1 atom stereocenters. The van der Waals surface area contributed by atoms with Crippen LogP contribution in [0.2, 0.25) is 0 Å². The van der Waals surface area contributed by atoms with Gasteiger partial charge in [-0.2, -0.15) is 0 Å². The summed E-state index contributed by atoms with van der Waals surface area (Å²) in [4.78, 5) is 11.9. The van der Waals surface area contributed by atoms with Crippen LogP contribution in [-0.2, 0) is 19.0 Å². The van der Waals surface area contributed by atoms with Gasteiger partial charge in [-0.3, -0.25) is 4.79 Å². The van der Waals surface area contributed by atoms with Gasteiger partial charge in [-0.25, -0.2) is 0 Å². The molecule has 0 aliphatic carbocycles. The maximum atomic E-state index is 11.9. The molecule has 0 saturated carbocycles. The van der Waals surface area contributed by atoms with Gasteiger partial charge in [-0.15, -0.1) is 0 Å². The Labute approximate surface area is 96.6 Å². The monoisotopic (exact) mass is 228 g/mol. The molecule has 0 amide bonds. The van der Waals surface area contributed by atoms with Crippen molar-refractivity contribution in [2.75, 3.05) is 7.11 Å². The topological polar surface area (TPSA) is 44.8 Å². The van der Waals surface area contributed by atoms with E-state index < -0.39 is 5.97 Å². The molecule has 1 heterocycles. The molecule has 0 radical (unpaired) electrons. The van der Waals surface area contributed by atoms with Crippen molar-refractivity contribution in [2.24, 2.45) is 5.41 Å². The lowest BCUT2D eigenvalue weighted by Crippen LogP contribution is -2.44. The highest BCUT2D eigenvalue weighted by molar-refractivity contribution is 5.97. The van der Waals surface area contributed by atoms with E-state index in [1.165, 1.54) is 13.2 Å². The number of methoxy groups -OCH3 is 1. The van der Waals surface area contributed by atoms with Crippen molar-refractivity contribution >= 4 is 5.78 Å². The zero-order chi connectivity index (χ0) is 12.6. The van der Waals surface area contributed by atoms with Crippen molar-refractivity contribution in [1.29, 1.82) is 0 Å². The van der Waals surface area contributed by atoms with Gasteiger partial charge in [0.1, 0.15) is 5.76 Å². The van der Waals surface area contributed by atoms with Crippen LogP contribution in [0.15, 0.2) is 11.8 Å². The predicted molar refractivity (Wildman–Crippen MR) is 59.6 cm³/mol. The van der Waals surface area contributed by atoms with Crippen LogP contribution in [0.4, 0.5) is 0 Å². The first-order chi connectivity index (χ1) is 7.21. The number of ketones is 1. The second-order valence-electron chi connectivity index (χ2n) is 5.15. The standard InChI is InChI=1S/C12H20O4/c1-8(2)15-12(14-6)9(13)7-10(16-12)11(3,4)5/h7-8H,1-6H3. The normalized spacial score (nSPS) is 25.9. The smallest absolute Gasteiger partial charge is 0.395 e. The molecular formula is C12H20O4. The Hall–Kier alpha value is -0.870. The van der Waals surface area contributed by atoms with Crippen molar-refractivity contribution < 1.29 is 19.0 Å². The second-order valence-corrected chi connectivity index (χ2v) is 5.15. The van der Waals surface area contributed by atoms with E-state index in [2.05, 4.69) is 0 Å². The Morgan fingerprint density at radius 1 is 1.38 bits per heavy atom. The van der Waals surface area contributed by atoms with Gasteiger partial charge in [0.05, 0.1) is 6.10 Å². The van der Waals surface area contributed by atoms with Crippen LogP contribution in [0, 0.1) is 5.41 Å². The first-order valence-electron chi connectivity index (χ1n) is 5.40. The summed E-state index contributed by atoms with van der Waals surface area (Å²) in [5, 5.41) is 0. The molecule has 92 valence electrons. The molecule has 1 aliphatic rings. The van der Waals surface area contributed by atoms with Crippen LogP contribution in [0.5, 0.6) is 0 Å². The largest absolute Gasteiger partial charge is 0.437 e. The molecule has 1 unspecified atom stereocenters. The summed E-state index contributed by atoms with van der Waals surface area (Å²) < 4.78 is 16.1. The van der Waals surface area contributed by atoms with Gasteiger partial charge in [0.25, 0.3) is 5.78 Å². The number of rotatable bonds is 3. The minimum absolute atomic E-state index is 0.156. The highest BCUT2D eigenvalue weighted by atomic mass is 16.9. The van der Waals surface area contributed by atoms with Gasteiger partial charge in [0.2, 0.25) is 0 Å². The van der Waals surface area contributed by atoms with Gasteiger partial charge in [0, 0.05) is 18.6 Å². The molecule has 1 aliphatic heterocycles. The van der Waals surface area contributed by atoms with Gasteiger partial charge >= 0.3 is 5.97 Å². The molecule has 0 aromatic heterocycles. The molecule has 16 heavy (non-hydrogen) atoms. The van der Waals surface area contributed by atoms with E-state index in [-0.39, 0.29) is 17.3 Å². The highest BCUT2D eigenvalue weighted by Gasteiger charge is 2.50. The fourth-order valence-electron chi connectivity index (χ4n) is 1.38. The summed E-state index contributed by atoms with van der Waals surface area (Å²) in [7, 11) is 1.40. The second kappa shape index (κ2) is 4.18. The molecule has 1 rings (SSSR count). The van der Waals surface area contributed by atoms with E-state index >= 15 is 0 Å². The number of hydrogen-bond acceptors (Lipinski definition) is 4. The van der Waals surface area contributed by atoms with Crippen molar-refractivity contribution in [3.63, 3.8) is 0 Å². The number of carbonyl (C=O) groups excluding carboxylic acids is 1. The number of allylic oxidation sites excluding steroid dienone is 1. The lowest BCUT2D eigenvalue weighted by molar-refractivity contribution is -0.336. The Morgan fingerprint density at radius 3 is 2.25 bits per heavy atom. The lowest BCUT2D eigenvalue weighted by atomic mass is 9.94. The Kier molecular flexibility index (Phi) is 3.45. The van der Waals surface area contributed by atoms with E-state index in [9.17, 15) is 4.79 Å². The highest BCUT2D eigenvalue weighted by Crippen LogP contribution is 2.37. The van der Waals surface area contributed by atoms with Crippen LogP contribution in [0.25, 0.3) is 0 Å². The molecule has 4 heteroatoms. The van der Waals surface area contributed by atoms with E-state index in [0.717, 1.165) is 0 Å². The van der Waals surface area contributed by atoms with E-state index in [1.54, 1.807) is 0 Å². The maximum Gasteiger partial charge on any atom is 0.395 e. The first-order valence-corrected chi connectivity index (χ1v) is 5.40. The van der Waals surface area contributed by atoms with Crippen molar-refractivity contribution in [1.82, 2.24) is 0 Å². The maximum absolute atomic E-state index is 11.9. The first kappa shape index (κ1) is 13.2. The molecule has 0 saturated heterocycles. The van der Waals surface area contributed by atoms with E-state index in [0.29, 0.717) is 5.76 Å². The average molecular weight is 228 g/mol. The zero-order valence-electron chi connectivity index (χ0n) is 10.8. The summed E-state index contributed by atoms with van der Waals surface area (Å²) in [6, 6.07) is 0. The third kappa shape index (κ3) is 2.44. The fourth-order valence-corrected chi connectivity index (χ4v) is 1.38. The van der Waals surface area contributed by atoms with Gasteiger partial charge in [-0.05, 0) is 13.8 Å². The minimum atomic E-state index is -1.59. The van der Waals surface area contributed by atoms with E-state index in [4.69, 9.17) is 14.2 Å². The SMILES string of the molecule is COC1(OC(C)C)OC(C(C)(C)C)=CC1=O. The van der Waals surface area contributed by atoms with Crippen LogP contribution in [0.1, 0.15) is 34.6 Å². The molecule has 0 aromatic rings. The Balaban J connectivity index is 2.92. The molecule has 0 N–H and O–H groups in total. The molecule has 0 fully saturated rings. The van der Waals surface area contributed by atoms with Crippen molar-refractivity contribution in [2.45, 2.75) is 46.7 Å². The third-order valence-corrected chi connectivity index (χ3v) is 2.21. The van der Waals surface area contributed by atoms with Crippen molar-refractivity contribution in [3.05, 3.63) is 11.8 Å². The molecular weight excluding hydrogens is 208 g/mol. The van der Waals surface area contributed by atoms with Crippen LogP contribution >= 0.6 is 0 Å². The minimum Gasteiger partial charge on any atom is -0.437 e.